The molecule has 0 saturated carbocycles. The van der Waals surface area contributed by atoms with Gasteiger partial charge in [-0.1, -0.05) is 30.3 Å². The maximum Gasteiger partial charge on any atom is 0.221 e. The molecule has 94 valence electrons. The van der Waals surface area contributed by atoms with Crippen LogP contribution in [0.3, 0.4) is 0 Å². The van der Waals surface area contributed by atoms with Gasteiger partial charge >= 0.3 is 0 Å². The standard InChI is InChI=1S/C16H14N2O/c1-11(19)17-14-7-8-15-13(9-14)10-16(18-15)12-5-3-2-4-6-12/h2-10,18H,1H3,(H,17,19). The summed E-state index contributed by atoms with van der Waals surface area (Å²) in [6.45, 7) is 1.51. The highest BCUT2D eigenvalue weighted by Gasteiger charge is 2.04. The van der Waals surface area contributed by atoms with Gasteiger partial charge in [-0.25, -0.2) is 0 Å². The Kier molecular flexibility index (Phi) is 2.80. The summed E-state index contributed by atoms with van der Waals surface area (Å²) in [5.74, 6) is -0.0573. The van der Waals surface area contributed by atoms with Gasteiger partial charge in [-0.3, -0.25) is 4.79 Å². The van der Waals surface area contributed by atoms with Crippen LogP contribution in [0.25, 0.3) is 22.2 Å². The van der Waals surface area contributed by atoms with E-state index in [1.54, 1.807) is 0 Å². The van der Waals surface area contributed by atoms with Gasteiger partial charge < -0.3 is 10.3 Å². The molecule has 0 bridgehead atoms. The van der Waals surface area contributed by atoms with Crippen molar-refractivity contribution < 1.29 is 4.79 Å². The Morgan fingerprint density at radius 2 is 1.84 bits per heavy atom. The largest absolute Gasteiger partial charge is 0.355 e. The van der Waals surface area contributed by atoms with Crippen molar-refractivity contribution >= 4 is 22.5 Å². The maximum atomic E-state index is 11.1. The number of aromatic amines is 1. The number of nitrogens with one attached hydrogen (secondary N) is 2. The van der Waals surface area contributed by atoms with Gasteiger partial charge in [0.15, 0.2) is 0 Å². The van der Waals surface area contributed by atoms with Crippen LogP contribution in [0.5, 0.6) is 0 Å². The molecule has 3 heteroatoms. The Hall–Kier alpha value is -2.55. The van der Waals surface area contributed by atoms with E-state index in [0.29, 0.717) is 0 Å². The van der Waals surface area contributed by atoms with Gasteiger partial charge in [-0.15, -0.1) is 0 Å². The number of hydrogen-bond acceptors (Lipinski definition) is 1. The van der Waals surface area contributed by atoms with E-state index in [1.807, 2.05) is 36.4 Å². The van der Waals surface area contributed by atoms with Crippen LogP contribution < -0.4 is 5.32 Å². The second-order valence-electron chi connectivity index (χ2n) is 4.53. The molecule has 0 atom stereocenters. The summed E-state index contributed by atoms with van der Waals surface area (Å²) in [4.78, 5) is 14.4. The third kappa shape index (κ3) is 2.36. The minimum atomic E-state index is -0.0573. The van der Waals surface area contributed by atoms with E-state index in [1.165, 1.54) is 6.92 Å². The van der Waals surface area contributed by atoms with Crippen molar-refractivity contribution in [3.63, 3.8) is 0 Å². The monoisotopic (exact) mass is 250 g/mol. The predicted octanol–water partition coefficient (Wildman–Crippen LogP) is 3.79. The molecule has 19 heavy (non-hydrogen) atoms. The smallest absolute Gasteiger partial charge is 0.221 e. The summed E-state index contributed by atoms with van der Waals surface area (Å²) in [5, 5.41) is 3.88. The van der Waals surface area contributed by atoms with Crippen molar-refractivity contribution in [2.45, 2.75) is 6.92 Å². The van der Waals surface area contributed by atoms with Gasteiger partial charge in [0.1, 0.15) is 0 Å². The fourth-order valence-electron chi connectivity index (χ4n) is 2.19. The topological polar surface area (TPSA) is 44.9 Å². The van der Waals surface area contributed by atoms with Crippen LogP contribution in [-0.4, -0.2) is 10.9 Å². The zero-order chi connectivity index (χ0) is 13.2. The molecular weight excluding hydrogens is 236 g/mol. The molecule has 1 amide bonds. The average Bonchev–Trinajstić information content (AvgIpc) is 2.82. The van der Waals surface area contributed by atoms with Crippen LogP contribution in [-0.2, 0) is 4.79 Å². The van der Waals surface area contributed by atoms with E-state index in [-0.39, 0.29) is 5.91 Å². The van der Waals surface area contributed by atoms with Crippen molar-refractivity contribution in [3.05, 3.63) is 54.6 Å². The highest BCUT2D eigenvalue weighted by Crippen LogP contribution is 2.26. The van der Waals surface area contributed by atoms with Crippen LogP contribution in [0.2, 0.25) is 0 Å². The molecule has 3 nitrogen and oxygen atoms in total. The third-order valence-electron chi connectivity index (χ3n) is 3.03. The summed E-state index contributed by atoms with van der Waals surface area (Å²) in [6, 6.07) is 18.1. The quantitative estimate of drug-likeness (QED) is 0.714. The highest BCUT2D eigenvalue weighted by atomic mass is 16.1. The van der Waals surface area contributed by atoms with E-state index in [9.17, 15) is 4.79 Å². The minimum absolute atomic E-state index is 0.0573. The lowest BCUT2D eigenvalue weighted by molar-refractivity contribution is -0.114. The van der Waals surface area contributed by atoms with Crippen molar-refractivity contribution in [1.82, 2.24) is 4.98 Å². The molecule has 0 aliphatic rings. The third-order valence-corrected chi connectivity index (χ3v) is 3.03. The van der Waals surface area contributed by atoms with E-state index < -0.39 is 0 Å². The Bertz CT molecular complexity index is 729. The molecule has 0 unspecified atom stereocenters. The number of carbonyl (C=O) groups is 1. The molecule has 3 aromatic rings. The van der Waals surface area contributed by atoms with Gasteiger partial charge in [0.25, 0.3) is 0 Å². The summed E-state index contributed by atoms with van der Waals surface area (Å²) < 4.78 is 0. The summed E-state index contributed by atoms with van der Waals surface area (Å²) >= 11 is 0. The van der Waals surface area contributed by atoms with Gasteiger partial charge in [0.2, 0.25) is 5.91 Å². The first kappa shape index (κ1) is 11.5. The van der Waals surface area contributed by atoms with Crippen LogP contribution in [0.4, 0.5) is 5.69 Å². The number of H-pyrrole nitrogens is 1. The number of fused-ring (bicyclic) bond motifs is 1. The molecule has 0 radical (unpaired) electrons. The van der Waals surface area contributed by atoms with E-state index in [0.717, 1.165) is 27.8 Å². The Morgan fingerprint density at radius 1 is 1.05 bits per heavy atom. The molecule has 0 aliphatic carbocycles. The van der Waals surface area contributed by atoms with Gasteiger partial charge in [-0.2, -0.15) is 0 Å². The molecule has 1 aromatic heterocycles. The lowest BCUT2D eigenvalue weighted by Gasteiger charge is -2.00. The summed E-state index contributed by atoms with van der Waals surface area (Å²) in [5.41, 5.74) is 4.11. The van der Waals surface area contributed by atoms with Crippen molar-refractivity contribution in [2.24, 2.45) is 0 Å². The first-order valence-electron chi connectivity index (χ1n) is 6.18. The molecule has 3 rings (SSSR count). The SMILES string of the molecule is CC(=O)Nc1ccc2[nH]c(-c3ccccc3)cc2c1. The number of amides is 1. The number of carbonyl (C=O) groups excluding carboxylic acids is 1. The predicted molar refractivity (Wildman–Crippen MR) is 78.0 cm³/mol. The molecule has 0 aliphatic heterocycles. The number of aromatic nitrogens is 1. The van der Waals surface area contributed by atoms with Crippen LogP contribution in [0.15, 0.2) is 54.6 Å². The summed E-state index contributed by atoms with van der Waals surface area (Å²) in [6.07, 6.45) is 0. The van der Waals surface area contributed by atoms with Crippen LogP contribution in [0.1, 0.15) is 6.92 Å². The number of anilines is 1. The van der Waals surface area contributed by atoms with Crippen molar-refractivity contribution in [1.29, 1.82) is 0 Å². The van der Waals surface area contributed by atoms with E-state index in [2.05, 4.69) is 28.5 Å². The lowest BCUT2D eigenvalue weighted by atomic mass is 10.1. The molecule has 2 aromatic carbocycles. The normalized spacial score (nSPS) is 10.6. The first-order valence-corrected chi connectivity index (χ1v) is 6.18. The zero-order valence-corrected chi connectivity index (χ0v) is 10.6. The van der Waals surface area contributed by atoms with Crippen LogP contribution in [0, 0.1) is 0 Å². The fraction of sp³-hybridized carbons (Fsp3) is 0.0625. The van der Waals surface area contributed by atoms with Gasteiger partial charge in [0.05, 0.1) is 0 Å². The van der Waals surface area contributed by atoms with E-state index in [4.69, 9.17) is 0 Å². The molecule has 0 spiro atoms. The number of rotatable bonds is 2. The highest BCUT2D eigenvalue weighted by molar-refractivity contribution is 5.94. The average molecular weight is 250 g/mol. The second-order valence-corrected chi connectivity index (χ2v) is 4.53. The minimum Gasteiger partial charge on any atom is -0.355 e. The van der Waals surface area contributed by atoms with Gasteiger partial charge in [0, 0.05) is 29.2 Å². The lowest BCUT2D eigenvalue weighted by Crippen LogP contribution is -2.05. The zero-order valence-electron chi connectivity index (χ0n) is 10.6. The molecule has 0 saturated heterocycles. The Morgan fingerprint density at radius 3 is 2.58 bits per heavy atom. The second kappa shape index (κ2) is 4.61. The maximum absolute atomic E-state index is 11.1. The van der Waals surface area contributed by atoms with Crippen molar-refractivity contribution in [3.8, 4) is 11.3 Å². The number of benzene rings is 2. The van der Waals surface area contributed by atoms with E-state index >= 15 is 0 Å². The first-order chi connectivity index (χ1) is 9.22. The molecular formula is C16H14N2O. The summed E-state index contributed by atoms with van der Waals surface area (Å²) in [7, 11) is 0. The molecule has 0 fully saturated rings. The Labute approximate surface area is 111 Å². The molecule has 2 N–H and O–H groups in total. The Balaban J connectivity index is 2.04. The fourth-order valence-corrected chi connectivity index (χ4v) is 2.19. The van der Waals surface area contributed by atoms with Gasteiger partial charge in [-0.05, 0) is 29.8 Å². The number of hydrogen-bond donors (Lipinski definition) is 2. The van der Waals surface area contributed by atoms with Crippen molar-refractivity contribution in [2.75, 3.05) is 5.32 Å². The molecule has 1 heterocycles. The van der Waals surface area contributed by atoms with Crippen LogP contribution >= 0.6 is 0 Å².